The Balaban J connectivity index is 1.34. The summed E-state index contributed by atoms with van der Waals surface area (Å²) >= 11 is 0. The van der Waals surface area contributed by atoms with Gasteiger partial charge in [-0.1, -0.05) is 30.3 Å². The number of nitrogens with zero attached hydrogens (tertiary/aromatic N) is 7. The highest BCUT2D eigenvalue weighted by atomic mass is 16.3. The third kappa shape index (κ3) is 3.75. The van der Waals surface area contributed by atoms with E-state index >= 15 is 0 Å². The molecule has 2 aromatic heterocycles. The van der Waals surface area contributed by atoms with E-state index in [1.165, 1.54) is 5.56 Å². The van der Waals surface area contributed by atoms with Gasteiger partial charge in [-0.25, -0.2) is 0 Å². The van der Waals surface area contributed by atoms with E-state index in [2.05, 4.69) is 36.9 Å². The van der Waals surface area contributed by atoms with Gasteiger partial charge in [0, 0.05) is 38.9 Å². The van der Waals surface area contributed by atoms with E-state index in [0.29, 0.717) is 38.3 Å². The van der Waals surface area contributed by atoms with Crippen LogP contribution in [-0.4, -0.2) is 64.6 Å². The average Bonchev–Trinajstić information content (AvgIpc) is 3.44. The lowest BCUT2D eigenvalue weighted by Crippen LogP contribution is -2.39. The molecule has 31 heavy (non-hydrogen) atoms. The Morgan fingerprint density at radius 3 is 2.74 bits per heavy atom. The number of hydrogen-bond donors (Lipinski definition) is 1. The van der Waals surface area contributed by atoms with Crippen LogP contribution in [0, 0.1) is 6.92 Å². The molecule has 0 spiro atoms. The van der Waals surface area contributed by atoms with Crippen molar-refractivity contribution in [2.24, 2.45) is 7.05 Å². The number of carbonyl (C=O) groups excluding carboxylic acids is 1. The first-order valence-electron chi connectivity index (χ1n) is 10.7. The minimum atomic E-state index is -0.379. The molecule has 9 heteroatoms. The number of aliphatic hydroxyl groups excluding tert-OH is 1. The zero-order valence-corrected chi connectivity index (χ0v) is 17.8. The third-order valence-electron chi connectivity index (χ3n) is 6.31. The zero-order chi connectivity index (χ0) is 21.5. The minimum Gasteiger partial charge on any atom is -0.392 e. The molecule has 5 rings (SSSR count). The summed E-state index contributed by atoms with van der Waals surface area (Å²) in [7, 11) is 1.84. The van der Waals surface area contributed by atoms with Crippen LogP contribution in [0.25, 0.3) is 0 Å². The lowest BCUT2D eigenvalue weighted by atomic mass is 10.1. The third-order valence-corrected chi connectivity index (χ3v) is 6.31. The molecule has 1 aromatic carbocycles. The molecule has 2 aliphatic heterocycles. The van der Waals surface area contributed by atoms with Gasteiger partial charge in [-0.3, -0.25) is 14.4 Å². The average molecular weight is 422 g/mol. The lowest BCUT2D eigenvalue weighted by molar-refractivity contribution is 0.0697. The van der Waals surface area contributed by atoms with Crippen LogP contribution < -0.4 is 0 Å². The minimum absolute atomic E-state index is 0.0112. The van der Waals surface area contributed by atoms with Gasteiger partial charge in [0.25, 0.3) is 5.91 Å². The van der Waals surface area contributed by atoms with Gasteiger partial charge in [-0.05, 0) is 25.0 Å². The summed E-state index contributed by atoms with van der Waals surface area (Å²) in [6, 6.07) is 12.1. The molecule has 0 bridgehead atoms. The number of amides is 1. The topological polar surface area (TPSA) is 92.3 Å². The Bertz CT molecular complexity index is 1070. The number of aromatic nitrogens is 5. The molecular formula is C22H27N7O2. The lowest BCUT2D eigenvalue weighted by Gasteiger charge is -2.29. The first-order chi connectivity index (χ1) is 15.0. The molecule has 2 atom stereocenters. The highest BCUT2D eigenvalue weighted by Crippen LogP contribution is 2.33. The molecule has 0 aliphatic carbocycles. The summed E-state index contributed by atoms with van der Waals surface area (Å²) in [5, 5.41) is 23.6. The van der Waals surface area contributed by atoms with Gasteiger partial charge in [0.1, 0.15) is 0 Å². The van der Waals surface area contributed by atoms with Crippen molar-refractivity contribution in [3.63, 3.8) is 0 Å². The zero-order valence-electron chi connectivity index (χ0n) is 17.8. The van der Waals surface area contributed by atoms with Crippen molar-refractivity contribution in [2.75, 3.05) is 13.1 Å². The van der Waals surface area contributed by atoms with E-state index in [4.69, 9.17) is 0 Å². The molecule has 4 heterocycles. The predicted octanol–water partition coefficient (Wildman–Crippen LogP) is 1.28. The van der Waals surface area contributed by atoms with Crippen molar-refractivity contribution in [3.05, 3.63) is 65.0 Å². The van der Waals surface area contributed by atoms with Gasteiger partial charge in [0.05, 0.1) is 18.7 Å². The first kappa shape index (κ1) is 19.9. The van der Waals surface area contributed by atoms with Crippen LogP contribution in [0.1, 0.15) is 45.9 Å². The van der Waals surface area contributed by atoms with E-state index in [1.54, 1.807) is 9.58 Å². The number of hydrogen-bond acceptors (Lipinski definition) is 6. The second-order valence-electron chi connectivity index (χ2n) is 8.47. The second kappa shape index (κ2) is 7.90. The van der Waals surface area contributed by atoms with Gasteiger partial charge < -0.3 is 14.6 Å². The van der Waals surface area contributed by atoms with Crippen LogP contribution in [0.4, 0.5) is 0 Å². The quantitative estimate of drug-likeness (QED) is 0.682. The van der Waals surface area contributed by atoms with Crippen LogP contribution in [0.15, 0.2) is 36.4 Å². The summed E-state index contributed by atoms with van der Waals surface area (Å²) < 4.78 is 3.83. The molecule has 1 saturated heterocycles. The normalized spacial score (nSPS) is 21.5. The highest BCUT2D eigenvalue weighted by Gasteiger charge is 2.37. The molecule has 0 unspecified atom stereocenters. The number of β-amino-alcohol motifs (C(OH)–C–C–N with tert-alkyl or cyclic N) is 1. The largest absolute Gasteiger partial charge is 0.392 e. The molecule has 0 saturated carbocycles. The van der Waals surface area contributed by atoms with E-state index in [9.17, 15) is 9.90 Å². The molecule has 2 aliphatic rings. The van der Waals surface area contributed by atoms with Gasteiger partial charge in [-0.15, -0.1) is 10.2 Å². The molecular weight excluding hydrogens is 394 g/mol. The number of likely N-dealkylation sites (tertiary alicyclic amines) is 1. The number of carbonyl (C=O) groups is 1. The van der Waals surface area contributed by atoms with Gasteiger partial charge in [-0.2, -0.15) is 5.10 Å². The summed E-state index contributed by atoms with van der Waals surface area (Å²) in [6.45, 7) is 4.94. The molecule has 0 radical (unpaired) electrons. The van der Waals surface area contributed by atoms with Crippen LogP contribution in [0.3, 0.4) is 0 Å². The molecule has 1 N–H and O–H groups in total. The predicted molar refractivity (Wildman–Crippen MR) is 113 cm³/mol. The second-order valence-corrected chi connectivity index (χ2v) is 8.47. The number of aryl methyl sites for hydroxylation is 2. The molecule has 1 fully saturated rings. The Morgan fingerprint density at radius 1 is 1.19 bits per heavy atom. The van der Waals surface area contributed by atoms with Crippen molar-refractivity contribution in [2.45, 2.75) is 45.1 Å². The molecule has 1 amide bonds. The maximum Gasteiger partial charge on any atom is 0.274 e. The Hall–Kier alpha value is -3.04. The van der Waals surface area contributed by atoms with Crippen LogP contribution in [-0.2, 0) is 26.7 Å². The Morgan fingerprint density at radius 2 is 2.00 bits per heavy atom. The Kier molecular flexibility index (Phi) is 5.07. The molecule has 162 valence electrons. The van der Waals surface area contributed by atoms with Crippen molar-refractivity contribution in [3.8, 4) is 0 Å². The molecule has 9 nitrogen and oxygen atoms in total. The fourth-order valence-electron chi connectivity index (χ4n) is 4.57. The fraction of sp³-hybridized carbons (Fsp3) is 0.455. The van der Waals surface area contributed by atoms with Crippen LogP contribution in [0.5, 0.6) is 0 Å². The van der Waals surface area contributed by atoms with Crippen molar-refractivity contribution in [1.82, 2.24) is 34.3 Å². The summed E-state index contributed by atoms with van der Waals surface area (Å²) in [5.41, 5.74) is 2.62. The maximum absolute atomic E-state index is 12.9. The Labute approximate surface area is 180 Å². The summed E-state index contributed by atoms with van der Waals surface area (Å²) in [5.74, 6) is 1.58. The monoisotopic (exact) mass is 421 g/mol. The van der Waals surface area contributed by atoms with Crippen molar-refractivity contribution < 1.29 is 9.90 Å². The van der Waals surface area contributed by atoms with E-state index in [1.807, 2.05) is 38.2 Å². The summed E-state index contributed by atoms with van der Waals surface area (Å²) in [4.78, 5) is 16.9. The SMILES string of the molecule is Cc1cc(C(=O)N2CCn3c(nnc3[C@@H]3C[C@@H](O)CN3Cc3ccccc3)C2)nn1C. The standard InChI is InChI=1S/C22H27N7O2/c1-15-10-18(25-26(15)2)22(31)27-8-9-29-20(14-27)23-24-21(29)19-11-17(30)13-28(19)12-16-6-4-3-5-7-16/h3-7,10,17,19,30H,8-9,11-14H2,1-2H3/t17-,19+/m1/s1. The number of fused-ring (bicyclic) bond motifs is 1. The van der Waals surface area contributed by atoms with Gasteiger partial charge in [0.15, 0.2) is 17.3 Å². The van der Waals surface area contributed by atoms with Crippen LogP contribution in [0.2, 0.25) is 0 Å². The number of rotatable bonds is 4. The van der Waals surface area contributed by atoms with Gasteiger partial charge in [0.2, 0.25) is 0 Å². The van der Waals surface area contributed by atoms with Crippen molar-refractivity contribution >= 4 is 5.91 Å². The first-order valence-corrected chi connectivity index (χ1v) is 10.7. The van der Waals surface area contributed by atoms with E-state index in [-0.39, 0.29) is 18.1 Å². The van der Waals surface area contributed by atoms with Gasteiger partial charge >= 0.3 is 0 Å². The van der Waals surface area contributed by atoms with Crippen LogP contribution >= 0.6 is 0 Å². The summed E-state index contributed by atoms with van der Waals surface area (Å²) in [6.07, 6.45) is 0.261. The smallest absolute Gasteiger partial charge is 0.274 e. The molecule has 3 aromatic rings. The highest BCUT2D eigenvalue weighted by molar-refractivity contribution is 5.92. The van der Waals surface area contributed by atoms with E-state index < -0.39 is 0 Å². The van der Waals surface area contributed by atoms with E-state index in [0.717, 1.165) is 23.9 Å². The fourth-order valence-corrected chi connectivity index (χ4v) is 4.57. The number of benzene rings is 1. The number of aliphatic hydroxyl groups is 1. The maximum atomic E-state index is 12.9. The van der Waals surface area contributed by atoms with Crippen molar-refractivity contribution in [1.29, 1.82) is 0 Å².